The van der Waals surface area contributed by atoms with Gasteiger partial charge in [-0.2, -0.15) is 0 Å². The van der Waals surface area contributed by atoms with E-state index in [-0.39, 0.29) is 0 Å². The van der Waals surface area contributed by atoms with Gasteiger partial charge in [-0.15, -0.1) is 0 Å². The van der Waals surface area contributed by atoms with Crippen LogP contribution in [0.15, 0.2) is 18.2 Å². The summed E-state index contributed by atoms with van der Waals surface area (Å²) in [6.45, 7) is 6.46. The van der Waals surface area contributed by atoms with Crippen LogP contribution >= 0.6 is 0 Å². The molecule has 0 atom stereocenters. The number of rotatable bonds is 1. The molecule has 1 aromatic heterocycles. The minimum absolute atomic E-state index is 0.535. The van der Waals surface area contributed by atoms with Gasteiger partial charge in [-0.25, -0.2) is 4.98 Å². The summed E-state index contributed by atoms with van der Waals surface area (Å²) in [4.78, 5) is 4.60. The Morgan fingerprint density at radius 2 is 2.00 bits per heavy atom. The standard InChI is InChI=1S/C12H16N2/c1-8(2)10-6-5-7-11-12(10)13-9(3)14(11)4/h5-8H,1-4H3. The number of fused-ring (bicyclic) bond motifs is 1. The van der Waals surface area contributed by atoms with E-state index in [0.29, 0.717) is 5.92 Å². The van der Waals surface area contributed by atoms with Gasteiger partial charge >= 0.3 is 0 Å². The van der Waals surface area contributed by atoms with Crippen molar-refractivity contribution in [1.29, 1.82) is 0 Å². The minimum atomic E-state index is 0.535. The van der Waals surface area contributed by atoms with Crippen molar-refractivity contribution in [3.63, 3.8) is 0 Å². The summed E-state index contributed by atoms with van der Waals surface area (Å²) in [6.07, 6.45) is 0. The minimum Gasteiger partial charge on any atom is -0.331 e. The first kappa shape index (κ1) is 9.25. The Morgan fingerprint density at radius 1 is 1.29 bits per heavy atom. The summed E-state index contributed by atoms with van der Waals surface area (Å²) < 4.78 is 2.14. The maximum absolute atomic E-state index is 4.60. The van der Waals surface area contributed by atoms with Gasteiger partial charge in [0.25, 0.3) is 0 Å². The Balaban J connectivity index is 2.81. The molecule has 0 aliphatic carbocycles. The van der Waals surface area contributed by atoms with Crippen molar-refractivity contribution >= 4 is 11.0 Å². The second-order valence-corrected chi connectivity index (χ2v) is 4.09. The quantitative estimate of drug-likeness (QED) is 0.672. The highest BCUT2D eigenvalue weighted by molar-refractivity contribution is 5.80. The van der Waals surface area contributed by atoms with Crippen LogP contribution in [0.25, 0.3) is 11.0 Å². The van der Waals surface area contributed by atoms with Crippen LogP contribution < -0.4 is 0 Å². The fourth-order valence-corrected chi connectivity index (χ4v) is 1.82. The van der Waals surface area contributed by atoms with Gasteiger partial charge in [0.1, 0.15) is 5.82 Å². The number of aromatic nitrogens is 2. The van der Waals surface area contributed by atoms with Gasteiger partial charge in [0.05, 0.1) is 11.0 Å². The van der Waals surface area contributed by atoms with E-state index in [9.17, 15) is 0 Å². The molecule has 0 saturated carbocycles. The van der Waals surface area contributed by atoms with Crippen LogP contribution in [0.3, 0.4) is 0 Å². The Labute approximate surface area is 84.6 Å². The highest BCUT2D eigenvalue weighted by Gasteiger charge is 2.09. The number of benzene rings is 1. The fraction of sp³-hybridized carbons (Fsp3) is 0.417. The molecule has 0 amide bonds. The molecule has 1 aromatic carbocycles. The van der Waals surface area contributed by atoms with Gasteiger partial charge < -0.3 is 4.57 Å². The van der Waals surface area contributed by atoms with Gasteiger partial charge in [0, 0.05) is 7.05 Å². The first-order valence-corrected chi connectivity index (χ1v) is 5.03. The topological polar surface area (TPSA) is 17.8 Å². The molecule has 0 aliphatic heterocycles. The molecular formula is C12H16N2. The van der Waals surface area contributed by atoms with Crippen molar-refractivity contribution in [1.82, 2.24) is 9.55 Å². The normalized spacial score (nSPS) is 11.5. The van der Waals surface area contributed by atoms with E-state index in [0.717, 1.165) is 11.3 Å². The highest BCUT2D eigenvalue weighted by atomic mass is 15.0. The molecule has 2 aromatic rings. The highest BCUT2D eigenvalue weighted by Crippen LogP contribution is 2.24. The van der Waals surface area contributed by atoms with Crippen molar-refractivity contribution in [3.05, 3.63) is 29.6 Å². The Hall–Kier alpha value is -1.31. The Morgan fingerprint density at radius 3 is 2.64 bits per heavy atom. The zero-order valence-electron chi connectivity index (χ0n) is 9.20. The molecule has 0 saturated heterocycles. The molecule has 0 spiro atoms. The van der Waals surface area contributed by atoms with Gasteiger partial charge in [-0.05, 0) is 24.5 Å². The number of para-hydroxylation sites is 1. The fourth-order valence-electron chi connectivity index (χ4n) is 1.82. The Bertz CT molecular complexity index is 466. The van der Waals surface area contributed by atoms with E-state index in [2.05, 4.69) is 48.6 Å². The van der Waals surface area contributed by atoms with Crippen LogP contribution in [0, 0.1) is 6.92 Å². The molecule has 14 heavy (non-hydrogen) atoms. The van der Waals surface area contributed by atoms with Crippen LogP contribution in [-0.4, -0.2) is 9.55 Å². The molecule has 0 bridgehead atoms. The molecule has 2 rings (SSSR count). The van der Waals surface area contributed by atoms with Gasteiger partial charge in [0.2, 0.25) is 0 Å². The zero-order chi connectivity index (χ0) is 10.3. The summed E-state index contributed by atoms with van der Waals surface area (Å²) in [5, 5.41) is 0. The lowest BCUT2D eigenvalue weighted by molar-refractivity contribution is 0.873. The van der Waals surface area contributed by atoms with Crippen LogP contribution in [0.2, 0.25) is 0 Å². The molecule has 74 valence electrons. The van der Waals surface area contributed by atoms with Gasteiger partial charge in [-0.3, -0.25) is 0 Å². The predicted molar refractivity (Wildman–Crippen MR) is 59.5 cm³/mol. The van der Waals surface area contributed by atoms with Gasteiger partial charge in [0.15, 0.2) is 0 Å². The van der Waals surface area contributed by atoms with E-state index < -0.39 is 0 Å². The van der Waals surface area contributed by atoms with E-state index in [1.807, 2.05) is 6.92 Å². The molecule has 0 radical (unpaired) electrons. The first-order chi connectivity index (χ1) is 6.61. The van der Waals surface area contributed by atoms with Crippen molar-refractivity contribution in [3.8, 4) is 0 Å². The van der Waals surface area contributed by atoms with E-state index in [1.54, 1.807) is 0 Å². The summed E-state index contributed by atoms with van der Waals surface area (Å²) in [5.74, 6) is 1.61. The summed E-state index contributed by atoms with van der Waals surface area (Å²) in [7, 11) is 2.06. The van der Waals surface area contributed by atoms with Crippen molar-refractivity contribution < 1.29 is 0 Å². The number of hydrogen-bond acceptors (Lipinski definition) is 1. The lowest BCUT2D eigenvalue weighted by Gasteiger charge is -2.05. The molecule has 0 aliphatic rings. The van der Waals surface area contributed by atoms with Crippen LogP contribution in [0.5, 0.6) is 0 Å². The summed E-state index contributed by atoms with van der Waals surface area (Å²) in [5.41, 5.74) is 3.72. The van der Waals surface area contributed by atoms with Crippen LogP contribution in [0.1, 0.15) is 31.2 Å². The molecule has 2 heteroatoms. The number of hydrogen-bond donors (Lipinski definition) is 0. The molecule has 0 fully saturated rings. The zero-order valence-corrected chi connectivity index (χ0v) is 9.20. The van der Waals surface area contributed by atoms with E-state index in [1.165, 1.54) is 11.1 Å². The van der Waals surface area contributed by atoms with Gasteiger partial charge in [-0.1, -0.05) is 26.0 Å². The molecular weight excluding hydrogens is 172 g/mol. The smallest absolute Gasteiger partial charge is 0.106 e. The van der Waals surface area contributed by atoms with E-state index in [4.69, 9.17) is 0 Å². The SMILES string of the molecule is Cc1nc2c(C(C)C)cccc2n1C. The second kappa shape index (κ2) is 3.12. The average molecular weight is 188 g/mol. The lowest BCUT2D eigenvalue weighted by Crippen LogP contribution is -1.91. The number of aryl methyl sites for hydroxylation is 2. The molecule has 0 unspecified atom stereocenters. The van der Waals surface area contributed by atoms with Crippen molar-refractivity contribution in [2.24, 2.45) is 7.05 Å². The van der Waals surface area contributed by atoms with Crippen LogP contribution in [-0.2, 0) is 7.05 Å². The first-order valence-electron chi connectivity index (χ1n) is 5.03. The maximum Gasteiger partial charge on any atom is 0.106 e. The summed E-state index contributed by atoms with van der Waals surface area (Å²) in [6, 6.07) is 6.40. The molecule has 0 N–H and O–H groups in total. The summed E-state index contributed by atoms with van der Waals surface area (Å²) >= 11 is 0. The maximum atomic E-state index is 4.60. The largest absolute Gasteiger partial charge is 0.331 e. The monoisotopic (exact) mass is 188 g/mol. The van der Waals surface area contributed by atoms with Crippen LogP contribution in [0.4, 0.5) is 0 Å². The third-order valence-electron chi connectivity index (χ3n) is 2.79. The van der Waals surface area contributed by atoms with Crippen molar-refractivity contribution in [2.75, 3.05) is 0 Å². The second-order valence-electron chi connectivity index (χ2n) is 4.09. The Kier molecular flexibility index (Phi) is 2.06. The number of nitrogens with zero attached hydrogens (tertiary/aromatic N) is 2. The lowest BCUT2D eigenvalue weighted by atomic mass is 10.0. The molecule has 2 nitrogen and oxygen atoms in total. The van der Waals surface area contributed by atoms with Crippen molar-refractivity contribution in [2.45, 2.75) is 26.7 Å². The third-order valence-corrected chi connectivity index (χ3v) is 2.79. The average Bonchev–Trinajstić information content (AvgIpc) is 2.43. The third kappa shape index (κ3) is 1.22. The predicted octanol–water partition coefficient (Wildman–Crippen LogP) is 3.01. The van der Waals surface area contributed by atoms with E-state index >= 15 is 0 Å². The molecule has 1 heterocycles. The number of imidazole rings is 1.